The molecular weight excluding hydrogens is 148 g/mol. The number of aromatic nitrogens is 2. The van der Waals surface area contributed by atoms with E-state index in [1.54, 1.807) is 0 Å². The molecule has 0 amide bonds. The van der Waals surface area contributed by atoms with Gasteiger partial charge in [-0.3, -0.25) is 0 Å². The zero-order valence-corrected chi connectivity index (χ0v) is 6.43. The Balaban J connectivity index is 2.41. The van der Waals surface area contributed by atoms with Crippen molar-refractivity contribution in [1.29, 1.82) is 0 Å². The molecule has 1 aliphatic rings. The topological polar surface area (TPSA) is 17.8 Å². The Labute approximate surface area is 64.8 Å². The largest absolute Gasteiger partial charge is 0.333 e. The Kier molecular flexibility index (Phi) is 1.42. The summed E-state index contributed by atoms with van der Waals surface area (Å²) in [5, 5.41) is 0.636. The van der Waals surface area contributed by atoms with Gasteiger partial charge in [-0.05, 0) is 12.8 Å². The van der Waals surface area contributed by atoms with Gasteiger partial charge in [0.15, 0.2) is 0 Å². The number of hydrogen-bond acceptors (Lipinski definition) is 1. The molecule has 0 spiro atoms. The van der Waals surface area contributed by atoms with Crippen molar-refractivity contribution in [1.82, 2.24) is 9.55 Å². The Bertz CT molecular complexity index is 218. The van der Waals surface area contributed by atoms with E-state index in [9.17, 15) is 0 Å². The van der Waals surface area contributed by atoms with Crippen molar-refractivity contribution in [2.24, 2.45) is 0 Å². The molecule has 0 atom stereocenters. The third-order valence-corrected chi connectivity index (χ3v) is 2.06. The molecule has 0 aliphatic carbocycles. The molecule has 0 N–H and O–H groups in total. The SMILES string of the molecule is Clc1cn2c(n1)CCCC2. The molecule has 2 heterocycles. The van der Waals surface area contributed by atoms with E-state index in [4.69, 9.17) is 11.6 Å². The normalized spacial score (nSPS) is 16.9. The summed E-state index contributed by atoms with van der Waals surface area (Å²) in [6.45, 7) is 1.09. The summed E-state index contributed by atoms with van der Waals surface area (Å²) in [4.78, 5) is 4.18. The van der Waals surface area contributed by atoms with Crippen LogP contribution in [-0.2, 0) is 13.0 Å². The molecule has 0 aromatic carbocycles. The quantitative estimate of drug-likeness (QED) is 0.561. The van der Waals surface area contributed by atoms with Gasteiger partial charge in [0.05, 0.1) is 0 Å². The van der Waals surface area contributed by atoms with Crippen molar-refractivity contribution >= 4 is 11.6 Å². The standard InChI is InChI=1S/C7H9ClN2/c8-6-5-10-4-2-1-3-7(10)9-6/h5H,1-4H2. The van der Waals surface area contributed by atoms with Crippen LogP contribution in [0, 0.1) is 0 Å². The second-order valence-corrected chi connectivity index (χ2v) is 3.02. The summed E-state index contributed by atoms with van der Waals surface area (Å²) >= 11 is 5.72. The molecule has 3 heteroatoms. The maximum Gasteiger partial charge on any atom is 0.147 e. The molecule has 0 radical (unpaired) electrons. The van der Waals surface area contributed by atoms with Gasteiger partial charge in [-0.2, -0.15) is 0 Å². The van der Waals surface area contributed by atoms with Gasteiger partial charge >= 0.3 is 0 Å². The average Bonchev–Trinajstić information content (AvgIpc) is 2.27. The number of fused-ring (bicyclic) bond motifs is 1. The molecule has 10 heavy (non-hydrogen) atoms. The number of rotatable bonds is 0. The molecule has 54 valence electrons. The second-order valence-electron chi connectivity index (χ2n) is 2.63. The molecule has 0 saturated heterocycles. The van der Waals surface area contributed by atoms with Crippen LogP contribution in [0.5, 0.6) is 0 Å². The Hall–Kier alpha value is -0.500. The van der Waals surface area contributed by atoms with Crippen LogP contribution in [0.3, 0.4) is 0 Å². The van der Waals surface area contributed by atoms with Crippen molar-refractivity contribution in [3.05, 3.63) is 17.2 Å². The summed E-state index contributed by atoms with van der Waals surface area (Å²) in [7, 11) is 0. The predicted octanol–water partition coefficient (Wildman–Crippen LogP) is 1.87. The minimum absolute atomic E-state index is 0.636. The fourth-order valence-electron chi connectivity index (χ4n) is 1.38. The predicted molar refractivity (Wildman–Crippen MR) is 40.2 cm³/mol. The van der Waals surface area contributed by atoms with Gasteiger partial charge in [-0.15, -0.1) is 0 Å². The van der Waals surface area contributed by atoms with Crippen LogP contribution < -0.4 is 0 Å². The van der Waals surface area contributed by atoms with Gasteiger partial charge in [-0.25, -0.2) is 4.98 Å². The number of aryl methyl sites for hydroxylation is 2. The van der Waals surface area contributed by atoms with Gasteiger partial charge in [-0.1, -0.05) is 11.6 Å². The number of nitrogens with zero attached hydrogens (tertiary/aromatic N) is 2. The minimum atomic E-state index is 0.636. The molecule has 1 aromatic heterocycles. The van der Waals surface area contributed by atoms with E-state index >= 15 is 0 Å². The number of hydrogen-bond donors (Lipinski definition) is 0. The summed E-state index contributed by atoms with van der Waals surface area (Å²) < 4.78 is 2.14. The second kappa shape index (κ2) is 2.27. The Morgan fingerprint density at radius 1 is 1.50 bits per heavy atom. The highest BCUT2D eigenvalue weighted by Gasteiger charge is 2.09. The fraction of sp³-hybridized carbons (Fsp3) is 0.571. The molecule has 1 aliphatic heterocycles. The van der Waals surface area contributed by atoms with Gasteiger partial charge in [0.2, 0.25) is 0 Å². The lowest BCUT2D eigenvalue weighted by atomic mass is 10.2. The third kappa shape index (κ3) is 0.926. The third-order valence-electron chi connectivity index (χ3n) is 1.88. The molecule has 2 rings (SSSR count). The lowest BCUT2D eigenvalue weighted by Gasteiger charge is -2.11. The van der Waals surface area contributed by atoms with Crippen molar-refractivity contribution < 1.29 is 0 Å². The Morgan fingerprint density at radius 2 is 2.40 bits per heavy atom. The highest BCUT2D eigenvalue weighted by atomic mass is 35.5. The summed E-state index contributed by atoms with van der Waals surface area (Å²) in [5.74, 6) is 1.15. The highest BCUT2D eigenvalue weighted by Crippen LogP contribution is 2.16. The van der Waals surface area contributed by atoms with Crippen molar-refractivity contribution in [3.63, 3.8) is 0 Å². The maximum absolute atomic E-state index is 5.72. The van der Waals surface area contributed by atoms with Crippen LogP contribution in [0.25, 0.3) is 0 Å². The highest BCUT2D eigenvalue weighted by molar-refractivity contribution is 6.29. The van der Waals surface area contributed by atoms with Crippen LogP contribution in [0.1, 0.15) is 18.7 Å². The first-order chi connectivity index (χ1) is 4.86. The zero-order chi connectivity index (χ0) is 6.97. The Morgan fingerprint density at radius 3 is 3.20 bits per heavy atom. The van der Waals surface area contributed by atoms with Crippen LogP contribution in [0.2, 0.25) is 5.15 Å². The van der Waals surface area contributed by atoms with Crippen LogP contribution in [0.4, 0.5) is 0 Å². The van der Waals surface area contributed by atoms with Gasteiger partial charge < -0.3 is 4.57 Å². The van der Waals surface area contributed by atoms with E-state index in [0.29, 0.717) is 5.15 Å². The van der Waals surface area contributed by atoms with E-state index in [2.05, 4.69) is 9.55 Å². The lowest BCUT2D eigenvalue weighted by molar-refractivity contribution is 0.522. The van der Waals surface area contributed by atoms with E-state index in [1.165, 1.54) is 12.8 Å². The minimum Gasteiger partial charge on any atom is -0.333 e. The number of halogens is 1. The molecule has 0 unspecified atom stereocenters. The number of imidazole rings is 1. The molecule has 0 saturated carbocycles. The fourth-order valence-corrected chi connectivity index (χ4v) is 1.59. The van der Waals surface area contributed by atoms with E-state index in [1.807, 2.05) is 6.20 Å². The molecule has 0 fully saturated rings. The van der Waals surface area contributed by atoms with Crippen molar-refractivity contribution in [2.75, 3.05) is 0 Å². The summed E-state index contributed by atoms with van der Waals surface area (Å²) in [6, 6.07) is 0. The molecule has 0 bridgehead atoms. The molecule has 1 aromatic rings. The summed E-state index contributed by atoms with van der Waals surface area (Å²) in [6.07, 6.45) is 5.52. The van der Waals surface area contributed by atoms with Gasteiger partial charge in [0.1, 0.15) is 11.0 Å². The van der Waals surface area contributed by atoms with E-state index in [0.717, 1.165) is 18.8 Å². The van der Waals surface area contributed by atoms with Crippen LogP contribution in [-0.4, -0.2) is 9.55 Å². The summed E-state index contributed by atoms with van der Waals surface area (Å²) in [5.41, 5.74) is 0. The van der Waals surface area contributed by atoms with Gasteiger partial charge in [0, 0.05) is 19.2 Å². The van der Waals surface area contributed by atoms with Crippen LogP contribution in [0.15, 0.2) is 6.20 Å². The lowest BCUT2D eigenvalue weighted by Crippen LogP contribution is -2.08. The van der Waals surface area contributed by atoms with Crippen LogP contribution >= 0.6 is 11.6 Å². The first-order valence-corrected chi connectivity index (χ1v) is 3.95. The smallest absolute Gasteiger partial charge is 0.147 e. The van der Waals surface area contributed by atoms with Crippen molar-refractivity contribution in [2.45, 2.75) is 25.8 Å². The van der Waals surface area contributed by atoms with E-state index in [-0.39, 0.29) is 0 Å². The molecular formula is C7H9ClN2. The van der Waals surface area contributed by atoms with E-state index < -0.39 is 0 Å². The molecule has 2 nitrogen and oxygen atoms in total. The van der Waals surface area contributed by atoms with Crippen molar-refractivity contribution in [3.8, 4) is 0 Å². The maximum atomic E-state index is 5.72. The average molecular weight is 157 g/mol. The van der Waals surface area contributed by atoms with Gasteiger partial charge in [0.25, 0.3) is 0 Å². The first kappa shape index (κ1) is 6.23. The first-order valence-electron chi connectivity index (χ1n) is 3.58. The zero-order valence-electron chi connectivity index (χ0n) is 5.68. The monoisotopic (exact) mass is 156 g/mol.